The maximum atomic E-state index is 4.11. The number of hydrogen-bond donors (Lipinski definition) is 2. The minimum atomic E-state index is 0.850. The summed E-state index contributed by atoms with van der Waals surface area (Å²) in [5, 5.41) is 0. The van der Waals surface area contributed by atoms with Crippen LogP contribution in [-0.4, -0.2) is 15.0 Å². The molecular formula is C9H9N3. The number of H-pyrrole nitrogens is 2. The van der Waals surface area contributed by atoms with Gasteiger partial charge in [-0.25, -0.2) is 4.98 Å². The molecule has 0 unspecified atom stereocenters. The topological polar surface area (TPSA) is 44.5 Å². The van der Waals surface area contributed by atoms with Gasteiger partial charge >= 0.3 is 0 Å². The maximum absolute atomic E-state index is 4.11. The van der Waals surface area contributed by atoms with Crippen LogP contribution in [0.4, 0.5) is 0 Å². The summed E-state index contributed by atoms with van der Waals surface area (Å²) in [4.78, 5) is 10.3. The lowest BCUT2D eigenvalue weighted by Crippen LogP contribution is -1.79. The van der Waals surface area contributed by atoms with Gasteiger partial charge in [0.2, 0.25) is 0 Å². The number of rotatable bonds is 2. The molecule has 12 heavy (non-hydrogen) atoms. The van der Waals surface area contributed by atoms with E-state index in [1.165, 1.54) is 0 Å². The highest BCUT2D eigenvalue weighted by Crippen LogP contribution is 2.13. The number of nitrogens with zero attached hydrogens (tertiary/aromatic N) is 1. The van der Waals surface area contributed by atoms with Crippen molar-refractivity contribution in [2.24, 2.45) is 0 Å². The molecule has 0 bridgehead atoms. The van der Waals surface area contributed by atoms with Gasteiger partial charge in [-0.15, -0.1) is 0 Å². The Kier molecular flexibility index (Phi) is 1.55. The van der Waals surface area contributed by atoms with Gasteiger partial charge in [0.25, 0.3) is 0 Å². The fraction of sp³-hybridized carbons (Fsp3) is 0. The van der Waals surface area contributed by atoms with Crippen molar-refractivity contribution in [3.05, 3.63) is 36.8 Å². The lowest BCUT2D eigenvalue weighted by molar-refractivity contribution is 1.25. The first kappa shape index (κ1) is 6.91. The van der Waals surface area contributed by atoms with E-state index in [1.807, 2.05) is 12.1 Å². The van der Waals surface area contributed by atoms with Crippen molar-refractivity contribution in [2.75, 3.05) is 0 Å². The Morgan fingerprint density at radius 2 is 2.33 bits per heavy atom. The Hall–Kier alpha value is -1.77. The molecule has 0 amide bonds. The Morgan fingerprint density at radius 3 is 2.92 bits per heavy atom. The zero-order valence-electron chi connectivity index (χ0n) is 6.54. The minimum absolute atomic E-state index is 0.850. The lowest BCUT2D eigenvalue weighted by Gasteiger charge is -1.89. The summed E-state index contributed by atoms with van der Waals surface area (Å²) >= 11 is 0. The molecule has 0 aromatic carbocycles. The first-order chi connectivity index (χ1) is 5.90. The van der Waals surface area contributed by atoms with Crippen LogP contribution in [0.5, 0.6) is 0 Å². The number of nitrogens with one attached hydrogen (secondary N) is 2. The zero-order valence-corrected chi connectivity index (χ0v) is 6.54. The van der Waals surface area contributed by atoms with Gasteiger partial charge in [-0.2, -0.15) is 0 Å². The molecule has 0 aliphatic heterocycles. The van der Waals surface area contributed by atoms with Crippen LogP contribution in [0.25, 0.3) is 17.6 Å². The number of aromatic nitrogens is 3. The van der Waals surface area contributed by atoms with E-state index in [9.17, 15) is 0 Å². The molecule has 60 valence electrons. The van der Waals surface area contributed by atoms with Crippen LogP contribution in [0, 0.1) is 0 Å². The van der Waals surface area contributed by atoms with E-state index in [0.29, 0.717) is 0 Å². The maximum Gasteiger partial charge on any atom is 0.153 e. The molecule has 0 aliphatic rings. The van der Waals surface area contributed by atoms with E-state index in [1.54, 1.807) is 18.5 Å². The van der Waals surface area contributed by atoms with Crippen LogP contribution in [-0.2, 0) is 0 Å². The third-order valence-corrected chi connectivity index (χ3v) is 1.68. The second kappa shape index (κ2) is 2.70. The van der Waals surface area contributed by atoms with E-state index in [4.69, 9.17) is 0 Å². The predicted octanol–water partition coefficient (Wildman–Crippen LogP) is 2.05. The first-order valence-corrected chi connectivity index (χ1v) is 3.71. The summed E-state index contributed by atoms with van der Waals surface area (Å²) < 4.78 is 0. The van der Waals surface area contributed by atoms with Crippen LogP contribution in [0.2, 0.25) is 0 Å². The van der Waals surface area contributed by atoms with Gasteiger partial charge in [0.1, 0.15) is 0 Å². The molecule has 0 atom stereocenters. The van der Waals surface area contributed by atoms with E-state index < -0.39 is 0 Å². The molecule has 0 saturated carbocycles. The summed E-state index contributed by atoms with van der Waals surface area (Å²) in [6, 6.07) is 3.93. The Labute approximate surface area is 70.2 Å². The molecule has 2 rings (SSSR count). The third kappa shape index (κ3) is 1.05. The average Bonchev–Trinajstić information content (AvgIpc) is 2.75. The highest BCUT2D eigenvalue weighted by Gasteiger charge is 2.00. The highest BCUT2D eigenvalue weighted by atomic mass is 14.9. The van der Waals surface area contributed by atoms with Crippen LogP contribution < -0.4 is 0 Å². The molecule has 2 heterocycles. The van der Waals surface area contributed by atoms with Gasteiger partial charge in [-0.05, 0) is 18.2 Å². The molecule has 0 spiro atoms. The fourth-order valence-corrected chi connectivity index (χ4v) is 1.08. The Bertz CT molecular complexity index is 370. The second-order valence-electron chi connectivity index (χ2n) is 2.47. The summed E-state index contributed by atoms with van der Waals surface area (Å²) in [5.74, 6) is 0.850. The number of aromatic amines is 2. The zero-order chi connectivity index (χ0) is 8.39. The molecule has 0 saturated heterocycles. The Morgan fingerprint density at radius 1 is 1.42 bits per heavy atom. The smallest absolute Gasteiger partial charge is 0.153 e. The molecule has 2 aromatic rings. The minimum Gasteiger partial charge on any atom is -0.353 e. The van der Waals surface area contributed by atoms with Crippen LogP contribution in [0.1, 0.15) is 5.69 Å². The van der Waals surface area contributed by atoms with Gasteiger partial charge in [0.15, 0.2) is 5.82 Å². The molecule has 3 heteroatoms. The van der Waals surface area contributed by atoms with Crippen molar-refractivity contribution < 1.29 is 0 Å². The number of imidazole rings is 1. The van der Waals surface area contributed by atoms with Gasteiger partial charge in [-0.3, -0.25) is 0 Å². The van der Waals surface area contributed by atoms with Gasteiger partial charge in [0, 0.05) is 18.1 Å². The van der Waals surface area contributed by atoms with Crippen LogP contribution in [0.3, 0.4) is 0 Å². The van der Waals surface area contributed by atoms with Crippen molar-refractivity contribution >= 4 is 6.08 Å². The lowest BCUT2D eigenvalue weighted by atomic mass is 10.4. The molecule has 2 N–H and O–H groups in total. The van der Waals surface area contributed by atoms with E-state index in [2.05, 4.69) is 21.5 Å². The first-order valence-electron chi connectivity index (χ1n) is 3.71. The fourth-order valence-electron chi connectivity index (χ4n) is 1.08. The van der Waals surface area contributed by atoms with Crippen molar-refractivity contribution in [2.45, 2.75) is 0 Å². The van der Waals surface area contributed by atoms with E-state index in [0.717, 1.165) is 17.2 Å². The summed E-state index contributed by atoms with van der Waals surface area (Å²) in [6.45, 7) is 3.66. The molecular weight excluding hydrogens is 150 g/mol. The standard InChI is InChI=1S/C9H9N3/c1-2-7-3-4-8(12-7)9-10-5-6-11-9/h2-6,12H,1H2,(H,10,11). The molecule has 3 nitrogen and oxygen atoms in total. The van der Waals surface area contributed by atoms with Crippen molar-refractivity contribution in [1.29, 1.82) is 0 Å². The van der Waals surface area contributed by atoms with Crippen molar-refractivity contribution in [3.8, 4) is 11.5 Å². The van der Waals surface area contributed by atoms with Gasteiger partial charge in [0.05, 0.1) is 5.69 Å². The SMILES string of the molecule is C=Cc1ccc(-c2ncc[nH]2)[nH]1. The summed E-state index contributed by atoms with van der Waals surface area (Å²) in [7, 11) is 0. The normalized spacial score (nSPS) is 10.0. The van der Waals surface area contributed by atoms with Gasteiger partial charge in [-0.1, -0.05) is 6.58 Å². The summed E-state index contributed by atoms with van der Waals surface area (Å²) in [6.07, 6.45) is 5.29. The van der Waals surface area contributed by atoms with E-state index in [-0.39, 0.29) is 0 Å². The second-order valence-corrected chi connectivity index (χ2v) is 2.47. The summed E-state index contributed by atoms with van der Waals surface area (Å²) in [5.41, 5.74) is 1.98. The number of hydrogen-bond acceptors (Lipinski definition) is 1. The largest absolute Gasteiger partial charge is 0.353 e. The average molecular weight is 159 g/mol. The van der Waals surface area contributed by atoms with Crippen molar-refractivity contribution in [3.63, 3.8) is 0 Å². The highest BCUT2D eigenvalue weighted by molar-refractivity contribution is 5.55. The molecule has 2 aromatic heterocycles. The van der Waals surface area contributed by atoms with Crippen molar-refractivity contribution in [1.82, 2.24) is 15.0 Å². The van der Waals surface area contributed by atoms with Crippen LogP contribution >= 0.6 is 0 Å². The molecule has 0 radical (unpaired) electrons. The third-order valence-electron chi connectivity index (χ3n) is 1.68. The monoisotopic (exact) mass is 159 g/mol. The molecule has 0 aliphatic carbocycles. The van der Waals surface area contributed by atoms with Gasteiger partial charge < -0.3 is 9.97 Å². The Balaban J connectivity index is 2.41. The van der Waals surface area contributed by atoms with E-state index >= 15 is 0 Å². The molecule has 0 fully saturated rings. The van der Waals surface area contributed by atoms with Crippen LogP contribution in [0.15, 0.2) is 31.1 Å². The predicted molar refractivity (Wildman–Crippen MR) is 48.5 cm³/mol. The quantitative estimate of drug-likeness (QED) is 0.692.